The fourth-order valence-corrected chi connectivity index (χ4v) is 1.74. The minimum absolute atomic E-state index is 0.0775. The molecule has 0 spiro atoms. The molecule has 2 nitrogen and oxygen atoms in total. The Morgan fingerprint density at radius 3 is 2.40 bits per heavy atom. The van der Waals surface area contributed by atoms with Gasteiger partial charge in [-0.25, -0.2) is 4.98 Å². The first-order valence-corrected chi connectivity index (χ1v) is 6.27. The van der Waals surface area contributed by atoms with Crippen LogP contribution in [-0.2, 0) is 0 Å². The van der Waals surface area contributed by atoms with Gasteiger partial charge in [0.25, 0.3) is 0 Å². The highest BCUT2D eigenvalue weighted by Crippen LogP contribution is 2.28. The molecule has 0 fully saturated rings. The Bertz CT molecular complexity index is 443. The molecule has 2 aromatic rings. The van der Waals surface area contributed by atoms with Gasteiger partial charge in [-0.3, -0.25) is 4.98 Å². The second-order valence-electron chi connectivity index (χ2n) is 2.96. The van der Waals surface area contributed by atoms with Gasteiger partial charge in [0.1, 0.15) is 3.74 Å². The third kappa shape index (κ3) is 2.63. The summed E-state index contributed by atoms with van der Waals surface area (Å²) in [7, 11) is 0. The Morgan fingerprint density at radius 2 is 1.73 bits per heavy atom. The molecule has 2 aromatic heterocycles. The summed E-state index contributed by atoms with van der Waals surface area (Å²) in [5.41, 5.74) is 2.72. The minimum atomic E-state index is 0.0775. The molecule has 0 saturated heterocycles. The van der Waals surface area contributed by atoms with E-state index in [0.717, 1.165) is 17.1 Å². The maximum Gasteiger partial charge on any atom is 0.112 e. The normalized spacial score (nSPS) is 10.6. The number of nitrogens with zero attached hydrogens (tertiary/aromatic N) is 2. The first kappa shape index (κ1) is 10.8. The molecule has 76 valence electrons. The second kappa shape index (κ2) is 4.86. The summed E-state index contributed by atoms with van der Waals surface area (Å²) in [6, 6.07) is 11.7. The van der Waals surface area contributed by atoms with Gasteiger partial charge < -0.3 is 0 Å². The van der Waals surface area contributed by atoms with Crippen molar-refractivity contribution in [2.24, 2.45) is 0 Å². The number of rotatable bonds is 2. The molecule has 4 heteroatoms. The smallest absolute Gasteiger partial charge is 0.112 e. The van der Waals surface area contributed by atoms with E-state index in [1.165, 1.54) is 0 Å². The van der Waals surface area contributed by atoms with Gasteiger partial charge in [-0.05, 0) is 24.3 Å². The maximum atomic E-state index is 4.49. The molecular weight excluding hydrogens is 320 g/mol. The van der Waals surface area contributed by atoms with Crippen LogP contribution in [0.3, 0.4) is 0 Å². The predicted octanol–water partition coefficient (Wildman–Crippen LogP) is 3.93. The Hall–Kier alpha value is -0.740. The molecule has 0 N–H and O–H groups in total. The number of alkyl halides is 2. The van der Waals surface area contributed by atoms with Crippen LogP contribution in [0.2, 0.25) is 0 Å². The average molecular weight is 328 g/mol. The van der Waals surface area contributed by atoms with Crippen molar-refractivity contribution in [1.82, 2.24) is 9.97 Å². The first-order chi connectivity index (χ1) is 7.27. The summed E-state index contributed by atoms with van der Waals surface area (Å²) in [6.07, 6.45) is 1.77. The molecule has 0 aromatic carbocycles. The lowest BCUT2D eigenvalue weighted by Crippen LogP contribution is -1.91. The lowest BCUT2D eigenvalue weighted by Gasteiger charge is -2.04. The van der Waals surface area contributed by atoms with Crippen molar-refractivity contribution >= 4 is 31.9 Å². The second-order valence-corrected chi connectivity index (χ2v) is 6.02. The largest absolute Gasteiger partial charge is 0.255 e. The van der Waals surface area contributed by atoms with Crippen LogP contribution in [0.4, 0.5) is 0 Å². The van der Waals surface area contributed by atoms with Crippen molar-refractivity contribution in [3.05, 3.63) is 48.3 Å². The Morgan fingerprint density at radius 1 is 0.933 bits per heavy atom. The van der Waals surface area contributed by atoms with Gasteiger partial charge in [0, 0.05) is 6.20 Å². The van der Waals surface area contributed by atoms with Gasteiger partial charge in [-0.1, -0.05) is 44.0 Å². The summed E-state index contributed by atoms with van der Waals surface area (Å²) < 4.78 is 0.0775. The molecule has 0 amide bonds. The van der Waals surface area contributed by atoms with Crippen LogP contribution in [0.15, 0.2) is 42.6 Å². The van der Waals surface area contributed by atoms with Crippen molar-refractivity contribution in [2.75, 3.05) is 0 Å². The average Bonchev–Trinajstić information content (AvgIpc) is 2.30. The summed E-state index contributed by atoms with van der Waals surface area (Å²) in [5.74, 6) is 0. The molecule has 2 heterocycles. The summed E-state index contributed by atoms with van der Waals surface area (Å²) >= 11 is 6.85. The zero-order valence-electron chi connectivity index (χ0n) is 7.77. The molecule has 0 radical (unpaired) electrons. The number of aromatic nitrogens is 2. The van der Waals surface area contributed by atoms with Crippen molar-refractivity contribution < 1.29 is 0 Å². The van der Waals surface area contributed by atoms with E-state index >= 15 is 0 Å². The van der Waals surface area contributed by atoms with E-state index in [4.69, 9.17) is 0 Å². The van der Waals surface area contributed by atoms with Crippen LogP contribution < -0.4 is 0 Å². The molecule has 2 rings (SSSR count). The minimum Gasteiger partial charge on any atom is -0.255 e. The SMILES string of the molecule is BrC(Br)c1cccc(-c2ccccn2)n1. The van der Waals surface area contributed by atoms with Gasteiger partial charge >= 0.3 is 0 Å². The fraction of sp³-hybridized carbons (Fsp3) is 0.0909. The monoisotopic (exact) mass is 326 g/mol. The van der Waals surface area contributed by atoms with E-state index in [2.05, 4.69) is 41.8 Å². The van der Waals surface area contributed by atoms with Gasteiger partial charge in [-0.15, -0.1) is 0 Å². The van der Waals surface area contributed by atoms with E-state index in [9.17, 15) is 0 Å². The van der Waals surface area contributed by atoms with Crippen molar-refractivity contribution in [2.45, 2.75) is 3.74 Å². The molecule has 0 aliphatic heterocycles. The quantitative estimate of drug-likeness (QED) is 0.781. The zero-order valence-corrected chi connectivity index (χ0v) is 10.9. The Balaban J connectivity index is 2.42. The summed E-state index contributed by atoms with van der Waals surface area (Å²) in [5, 5.41) is 0. The standard InChI is InChI=1S/C11H8Br2N2/c12-11(13)10-6-3-5-9(15-10)8-4-1-2-7-14-8/h1-7,11H. The maximum absolute atomic E-state index is 4.49. The summed E-state index contributed by atoms with van der Waals surface area (Å²) in [4.78, 5) is 8.74. The van der Waals surface area contributed by atoms with Gasteiger partial charge in [0.05, 0.1) is 17.1 Å². The molecule has 0 saturated carbocycles. The predicted molar refractivity (Wildman–Crippen MR) is 68.1 cm³/mol. The third-order valence-corrected chi connectivity index (χ3v) is 2.86. The molecule has 0 unspecified atom stereocenters. The highest BCUT2D eigenvalue weighted by atomic mass is 79.9. The van der Waals surface area contributed by atoms with Crippen molar-refractivity contribution in [3.8, 4) is 11.4 Å². The van der Waals surface area contributed by atoms with Crippen molar-refractivity contribution in [3.63, 3.8) is 0 Å². The number of hydrogen-bond acceptors (Lipinski definition) is 2. The lowest BCUT2D eigenvalue weighted by atomic mass is 10.2. The highest BCUT2D eigenvalue weighted by molar-refractivity contribution is 9.24. The van der Waals surface area contributed by atoms with E-state index in [0.29, 0.717) is 0 Å². The molecule has 0 aliphatic carbocycles. The molecule has 0 bridgehead atoms. The molecule has 0 atom stereocenters. The highest BCUT2D eigenvalue weighted by Gasteiger charge is 2.06. The Labute approximate surface area is 105 Å². The molecule has 0 aliphatic rings. The molecular formula is C11H8Br2N2. The van der Waals surface area contributed by atoms with Crippen LogP contribution in [0.5, 0.6) is 0 Å². The van der Waals surface area contributed by atoms with Gasteiger partial charge in [0.15, 0.2) is 0 Å². The van der Waals surface area contributed by atoms with E-state index in [1.54, 1.807) is 6.20 Å². The van der Waals surface area contributed by atoms with Crippen LogP contribution in [0.1, 0.15) is 9.43 Å². The third-order valence-electron chi connectivity index (χ3n) is 1.92. The summed E-state index contributed by atoms with van der Waals surface area (Å²) in [6.45, 7) is 0. The van der Waals surface area contributed by atoms with Crippen molar-refractivity contribution in [1.29, 1.82) is 0 Å². The first-order valence-electron chi connectivity index (χ1n) is 4.44. The fourth-order valence-electron chi connectivity index (χ4n) is 1.23. The van der Waals surface area contributed by atoms with Crippen LogP contribution in [0, 0.1) is 0 Å². The number of hydrogen-bond donors (Lipinski definition) is 0. The number of pyridine rings is 2. The van der Waals surface area contributed by atoms with Gasteiger partial charge in [-0.2, -0.15) is 0 Å². The van der Waals surface area contributed by atoms with Gasteiger partial charge in [0.2, 0.25) is 0 Å². The number of halogens is 2. The van der Waals surface area contributed by atoms with Crippen LogP contribution in [-0.4, -0.2) is 9.97 Å². The Kier molecular flexibility index (Phi) is 3.49. The van der Waals surface area contributed by atoms with E-state index < -0.39 is 0 Å². The van der Waals surface area contributed by atoms with E-state index in [1.807, 2.05) is 36.4 Å². The van der Waals surface area contributed by atoms with E-state index in [-0.39, 0.29) is 3.74 Å². The topological polar surface area (TPSA) is 25.8 Å². The lowest BCUT2D eigenvalue weighted by molar-refractivity contribution is 1.16. The van der Waals surface area contributed by atoms with Crippen LogP contribution in [0.25, 0.3) is 11.4 Å². The zero-order chi connectivity index (χ0) is 10.7. The van der Waals surface area contributed by atoms with Crippen LogP contribution >= 0.6 is 31.9 Å². The molecule has 15 heavy (non-hydrogen) atoms.